The quantitative estimate of drug-likeness (QED) is 0.403. The fourth-order valence-corrected chi connectivity index (χ4v) is 3.66. The van der Waals surface area contributed by atoms with Crippen molar-refractivity contribution in [2.75, 3.05) is 37.7 Å². The zero-order chi connectivity index (χ0) is 20.1. The molecule has 1 saturated heterocycles. The van der Waals surface area contributed by atoms with E-state index >= 15 is 0 Å². The number of aliphatic imine (C=N–C) groups is 1. The molecule has 2 heterocycles. The molecule has 3 rings (SSSR count). The van der Waals surface area contributed by atoms with Crippen molar-refractivity contribution in [3.05, 3.63) is 42.1 Å². The molecule has 0 N–H and O–H groups in total. The Morgan fingerprint density at radius 2 is 1.96 bits per heavy atom. The molecule has 1 aromatic carbocycles. The highest BCUT2D eigenvalue weighted by molar-refractivity contribution is 8.15. The lowest BCUT2D eigenvalue weighted by molar-refractivity contribution is -0.759. The van der Waals surface area contributed by atoms with Gasteiger partial charge in [0.15, 0.2) is 0 Å². The number of benzene rings is 1. The number of thioether (sulfide) groups is 1. The van der Waals surface area contributed by atoms with Crippen LogP contribution in [0.25, 0.3) is 0 Å². The Morgan fingerprint density at radius 1 is 1.29 bits per heavy atom. The predicted octanol–water partition coefficient (Wildman–Crippen LogP) is 0.978. The summed E-state index contributed by atoms with van der Waals surface area (Å²) in [4.78, 5) is 20.4. The van der Waals surface area contributed by atoms with Crippen molar-refractivity contribution in [3.8, 4) is 0 Å². The topological polar surface area (TPSA) is 88.9 Å². The minimum absolute atomic E-state index is 0.128. The number of hydrogen-bond donors (Lipinski definition) is 0. The number of aromatic nitrogens is 2. The van der Waals surface area contributed by atoms with E-state index in [1.807, 2.05) is 11.1 Å². The molecule has 0 unspecified atom stereocenters. The predicted molar refractivity (Wildman–Crippen MR) is 106 cm³/mol. The zero-order valence-corrected chi connectivity index (χ0v) is 17.2. The third-order valence-corrected chi connectivity index (χ3v) is 5.72. The number of carbonyl (C=O) groups excluding carboxylic acids is 1. The second kappa shape index (κ2) is 8.74. The van der Waals surface area contributed by atoms with Gasteiger partial charge in [0.1, 0.15) is 0 Å². The lowest BCUT2D eigenvalue weighted by atomic mass is 10.2. The van der Waals surface area contributed by atoms with Crippen LogP contribution in [0, 0.1) is 0 Å². The smallest absolute Gasteiger partial charge is 0.324 e. The van der Waals surface area contributed by atoms with Gasteiger partial charge in [0.25, 0.3) is 6.20 Å². The molecule has 0 spiro atoms. The van der Waals surface area contributed by atoms with Crippen LogP contribution < -0.4 is 14.9 Å². The van der Waals surface area contributed by atoms with Crippen LogP contribution in [0.5, 0.6) is 0 Å². The van der Waals surface area contributed by atoms with Gasteiger partial charge in [-0.2, -0.15) is 5.01 Å². The van der Waals surface area contributed by atoms with E-state index in [4.69, 9.17) is 4.52 Å². The van der Waals surface area contributed by atoms with Crippen LogP contribution in [0.4, 0.5) is 5.88 Å². The van der Waals surface area contributed by atoms with E-state index in [-0.39, 0.29) is 11.0 Å². The van der Waals surface area contributed by atoms with Gasteiger partial charge in [0.05, 0.1) is 17.9 Å². The number of nitrogens with zero attached hydrogens (tertiary/aromatic N) is 5. The van der Waals surface area contributed by atoms with Crippen molar-refractivity contribution in [3.63, 3.8) is 0 Å². The molecular formula is C19H25N5O3S. The van der Waals surface area contributed by atoms with Crippen molar-refractivity contribution in [2.45, 2.75) is 25.5 Å². The Kier molecular flexibility index (Phi) is 6.35. The largest absolute Gasteiger partial charge is 0.861 e. The molecular weight excluding hydrogens is 378 g/mol. The monoisotopic (exact) mass is 403 g/mol. The molecule has 0 saturated carbocycles. The molecule has 28 heavy (non-hydrogen) atoms. The number of carbonyl (C=O) groups is 1. The molecule has 0 amide bonds. The maximum atomic E-state index is 12.6. The van der Waals surface area contributed by atoms with Crippen LogP contribution >= 0.6 is 11.8 Å². The average Bonchev–Trinajstić information content (AvgIpc) is 3.17. The normalized spacial score (nSPS) is 16.4. The summed E-state index contributed by atoms with van der Waals surface area (Å²) in [5, 5.41) is 18.4. The second-order valence-corrected chi connectivity index (χ2v) is 8.63. The summed E-state index contributed by atoms with van der Waals surface area (Å²) in [5.74, 6) is -0.315. The molecule has 9 heteroatoms. The lowest BCUT2D eigenvalue weighted by Crippen LogP contribution is -2.65. The summed E-state index contributed by atoms with van der Waals surface area (Å²) in [7, 11) is 0. The van der Waals surface area contributed by atoms with Gasteiger partial charge < -0.3 is 5.11 Å². The molecule has 150 valence electrons. The van der Waals surface area contributed by atoms with Gasteiger partial charge in [-0.25, -0.2) is 4.99 Å². The average molecular weight is 404 g/mol. The van der Waals surface area contributed by atoms with Crippen LogP contribution in [0.2, 0.25) is 0 Å². The maximum Gasteiger partial charge on any atom is 0.324 e. The van der Waals surface area contributed by atoms with Gasteiger partial charge in [0, 0.05) is 23.4 Å². The Labute approximate surface area is 168 Å². The first-order chi connectivity index (χ1) is 13.4. The van der Waals surface area contributed by atoms with E-state index in [1.165, 1.54) is 0 Å². The van der Waals surface area contributed by atoms with Crippen LogP contribution in [-0.4, -0.2) is 58.7 Å². The highest BCUT2D eigenvalue weighted by Crippen LogP contribution is 2.29. The summed E-state index contributed by atoms with van der Waals surface area (Å²) < 4.78 is 4.19. The van der Waals surface area contributed by atoms with Gasteiger partial charge in [-0.3, -0.25) is 14.2 Å². The Balaban J connectivity index is 1.65. The molecule has 8 nitrogen and oxygen atoms in total. The molecule has 0 bridgehead atoms. The van der Waals surface area contributed by atoms with Gasteiger partial charge >= 0.3 is 5.88 Å². The molecule has 1 aliphatic rings. The summed E-state index contributed by atoms with van der Waals surface area (Å²) in [6.45, 7) is 10.1. The van der Waals surface area contributed by atoms with E-state index < -0.39 is 10.6 Å². The van der Waals surface area contributed by atoms with Crippen LogP contribution in [0.3, 0.4) is 0 Å². The SMILES string of the molecule is CCN1CCN([n+]2cc(N=C([O-])C(C)(C)SC(=O)c3ccccc3)on2)CC1. The third kappa shape index (κ3) is 4.90. The van der Waals surface area contributed by atoms with Gasteiger partial charge in [-0.15, -0.1) is 0 Å². The molecule has 1 aliphatic heterocycles. The first-order valence-corrected chi connectivity index (χ1v) is 10.1. The number of hydrogen-bond acceptors (Lipinski definition) is 8. The first-order valence-electron chi connectivity index (χ1n) is 9.30. The summed E-state index contributed by atoms with van der Waals surface area (Å²) in [6.07, 6.45) is 1.60. The molecule has 0 radical (unpaired) electrons. The zero-order valence-electron chi connectivity index (χ0n) is 16.4. The fourth-order valence-electron chi connectivity index (χ4n) is 2.81. The summed E-state index contributed by atoms with van der Waals surface area (Å²) in [5.41, 5.74) is 0.553. The van der Waals surface area contributed by atoms with Crippen molar-refractivity contribution < 1.29 is 19.2 Å². The van der Waals surface area contributed by atoms with E-state index in [2.05, 4.69) is 22.1 Å². The van der Waals surface area contributed by atoms with Crippen molar-refractivity contribution in [2.24, 2.45) is 4.99 Å². The fraction of sp³-hybridized carbons (Fsp3) is 0.474. The molecule has 1 aromatic heterocycles. The number of piperazine rings is 1. The van der Waals surface area contributed by atoms with Crippen molar-refractivity contribution in [1.29, 1.82) is 0 Å². The van der Waals surface area contributed by atoms with Gasteiger partial charge in [-0.1, -0.05) is 49.0 Å². The standard InChI is InChI=1S/C19H25N5O3S/c1-4-22-10-12-23(13-11-22)24-14-16(27-21-24)20-18(26)19(2,3)28-17(25)15-8-6-5-7-9-15/h5-9,14H,4,10-13H2,1-3H3. The van der Waals surface area contributed by atoms with E-state index in [0.717, 1.165) is 44.5 Å². The molecule has 0 aliphatic carbocycles. The van der Waals surface area contributed by atoms with Crippen molar-refractivity contribution >= 4 is 28.7 Å². The third-order valence-electron chi connectivity index (χ3n) is 4.61. The van der Waals surface area contributed by atoms with Crippen LogP contribution in [0.15, 0.2) is 46.0 Å². The van der Waals surface area contributed by atoms with E-state index in [0.29, 0.717) is 5.56 Å². The Morgan fingerprint density at radius 3 is 2.61 bits per heavy atom. The lowest BCUT2D eigenvalue weighted by Gasteiger charge is -2.28. The highest BCUT2D eigenvalue weighted by Gasteiger charge is 2.27. The molecule has 2 aromatic rings. The second-order valence-electron chi connectivity index (χ2n) is 7.03. The van der Waals surface area contributed by atoms with E-state index in [9.17, 15) is 9.90 Å². The molecule has 0 atom stereocenters. The Hall–Kier alpha value is -2.39. The first kappa shape index (κ1) is 20.3. The highest BCUT2D eigenvalue weighted by atomic mass is 32.2. The maximum absolute atomic E-state index is 12.6. The summed E-state index contributed by atoms with van der Waals surface area (Å²) in [6, 6.07) is 8.88. The van der Waals surface area contributed by atoms with Crippen LogP contribution in [-0.2, 0) is 0 Å². The van der Waals surface area contributed by atoms with E-state index in [1.54, 1.807) is 49.1 Å². The van der Waals surface area contributed by atoms with Crippen molar-refractivity contribution in [1.82, 2.24) is 10.2 Å². The number of likely N-dealkylation sites (N-methyl/N-ethyl adjacent to an activating group) is 1. The molecule has 1 fully saturated rings. The Bertz CT molecular complexity index is 829. The summed E-state index contributed by atoms with van der Waals surface area (Å²) >= 11 is 0.953. The van der Waals surface area contributed by atoms with Crippen LogP contribution in [0.1, 0.15) is 31.1 Å². The minimum Gasteiger partial charge on any atom is -0.861 e. The van der Waals surface area contributed by atoms with Gasteiger partial charge in [0.2, 0.25) is 10.4 Å². The number of rotatable bonds is 6. The van der Waals surface area contributed by atoms with Gasteiger partial charge in [-0.05, 0) is 26.3 Å². The minimum atomic E-state index is -1.02.